The Morgan fingerprint density at radius 3 is 2.81 bits per heavy atom. The lowest BCUT2D eigenvalue weighted by Gasteiger charge is -2.09. The van der Waals surface area contributed by atoms with Crippen LogP contribution in [0, 0.1) is 6.92 Å². The van der Waals surface area contributed by atoms with Gasteiger partial charge in [-0.3, -0.25) is 0 Å². The quantitative estimate of drug-likeness (QED) is 0.692. The highest BCUT2D eigenvalue weighted by Crippen LogP contribution is 2.15. The molecule has 0 aliphatic rings. The van der Waals surface area contributed by atoms with Crippen molar-refractivity contribution in [3.63, 3.8) is 0 Å². The number of benzene rings is 1. The molecule has 0 saturated carbocycles. The number of hydrogen-bond acceptors (Lipinski definition) is 3. The molecule has 1 atom stereocenters. The second kappa shape index (κ2) is 7.25. The molecule has 0 aromatic heterocycles. The zero-order valence-corrected chi connectivity index (χ0v) is 10.1. The molecule has 90 valence electrons. The molecular formula is C13H21NO2. The molecule has 0 saturated heterocycles. The molecule has 0 heterocycles. The van der Waals surface area contributed by atoms with Gasteiger partial charge in [0.25, 0.3) is 0 Å². The van der Waals surface area contributed by atoms with Crippen molar-refractivity contribution in [2.24, 2.45) is 0 Å². The molecule has 1 aromatic carbocycles. The number of ether oxygens (including phenoxy) is 1. The van der Waals surface area contributed by atoms with E-state index in [-0.39, 0.29) is 6.10 Å². The van der Waals surface area contributed by atoms with Crippen molar-refractivity contribution in [3.05, 3.63) is 29.8 Å². The molecule has 0 aliphatic carbocycles. The van der Waals surface area contributed by atoms with Crippen molar-refractivity contribution in [2.75, 3.05) is 19.7 Å². The zero-order valence-electron chi connectivity index (χ0n) is 10.1. The summed E-state index contributed by atoms with van der Waals surface area (Å²) in [6.45, 7) is 6.04. The fourth-order valence-corrected chi connectivity index (χ4v) is 1.41. The van der Waals surface area contributed by atoms with E-state index in [1.165, 1.54) is 5.56 Å². The third-order valence-electron chi connectivity index (χ3n) is 2.29. The van der Waals surface area contributed by atoms with Crippen LogP contribution in [0.3, 0.4) is 0 Å². The average Bonchev–Trinajstić information content (AvgIpc) is 2.25. The molecular weight excluding hydrogens is 202 g/mol. The number of nitrogens with one attached hydrogen (secondary N) is 1. The van der Waals surface area contributed by atoms with Gasteiger partial charge in [0.2, 0.25) is 0 Å². The second-order valence-corrected chi connectivity index (χ2v) is 4.02. The van der Waals surface area contributed by atoms with Crippen LogP contribution in [0.5, 0.6) is 5.75 Å². The number of aliphatic hydroxyl groups is 1. The van der Waals surface area contributed by atoms with Gasteiger partial charge in [0, 0.05) is 6.54 Å². The van der Waals surface area contributed by atoms with E-state index in [1.54, 1.807) is 6.92 Å². The minimum atomic E-state index is -0.280. The Kier molecular flexibility index (Phi) is 5.90. The van der Waals surface area contributed by atoms with E-state index in [4.69, 9.17) is 9.84 Å². The normalized spacial score (nSPS) is 12.4. The summed E-state index contributed by atoms with van der Waals surface area (Å²) in [7, 11) is 0. The lowest BCUT2D eigenvalue weighted by molar-refractivity contribution is 0.190. The van der Waals surface area contributed by atoms with Gasteiger partial charge in [0.05, 0.1) is 12.7 Å². The van der Waals surface area contributed by atoms with Gasteiger partial charge >= 0.3 is 0 Å². The highest BCUT2D eigenvalue weighted by molar-refractivity contribution is 5.31. The van der Waals surface area contributed by atoms with E-state index in [0.29, 0.717) is 13.2 Å². The number of rotatable bonds is 7. The van der Waals surface area contributed by atoms with Crippen molar-refractivity contribution in [3.8, 4) is 5.75 Å². The maximum Gasteiger partial charge on any atom is 0.122 e. The summed E-state index contributed by atoms with van der Waals surface area (Å²) in [4.78, 5) is 0. The van der Waals surface area contributed by atoms with E-state index in [1.807, 2.05) is 31.2 Å². The monoisotopic (exact) mass is 223 g/mol. The van der Waals surface area contributed by atoms with Crippen LogP contribution in [-0.2, 0) is 0 Å². The zero-order chi connectivity index (χ0) is 11.8. The van der Waals surface area contributed by atoms with Gasteiger partial charge in [-0.2, -0.15) is 0 Å². The Morgan fingerprint density at radius 1 is 1.38 bits per heavy atom. The molecule has 3 heteroatoms. The fraction of sp³-hybridized carbons (Fsp3) is 0.538. The first-order valence-corrected chi connectivity index (χ1v) is 5.77. The summed E-state index contributed by atoms with van der Waals surface area (Å²) in [5, 5.41) is 12.2. The number of aryl methyl sites for hydroxylation is 1. The molecule has 1 rings (SSSR count). The van der Waals surface area contributed by atoms with Gasteiger partial charge in [-0.15, -0.1) is 0 Å². The Hall–Kier alpha value is -1.06. The molecule has 16 heavy (non-hydrogen) atoms. The van der Waals surface area contributed by atoms with Crippen molar-refractivity contribution in [1.29, 1.82) is 0 Å². The van der Waals surface area contributed by atoms with E-state index < -0.39 is 0 Å². The first kappa shape index (κ1) is 13.0. The summed E-state index contributed by atoms with van der Waals surface area (Å²) in [6, 6.07) is 8.01. The van der Waals surface area contributed by atoms with Gasteiger partial charge in [0.15, 0.2) is 0 Å². The summed E-state index contributed by atoms with van der Waals surface area (Å²) in [6.07, 6.45) is 0.665. The third-order valence-corrected chi connectivity index (χ3v) is 2.29. The van der Waals surface area contributed by atoms with Gasteiger partial charge in [0.1, 0.15) is 5.75 Å². The molecule has 0 aliphatic heterocycles. The summed E-state index contributed by atoms with van der Waals surface area (Å²) >= 11 is 0. The first-order valence-electron chi connectivity index (χ1n) is 5.77. The van der Waals surface area contributed by atoms with E-state index in [9.17, 15) is 0 Å². The highest BCUT2D eigenvalue weighted by Gasteiger charge is 1.97. The van der Waals surface area contributed by atoms with Gasteiger partial charge in [-0.05, 0) is 38.4 Å². The summed E-state index contributed by atoms with van der Waals surface area (Å²) in [5.41, 5.74) is 1.17. The molecule has 0 spiro atoms. The molecule has 0 amide bonds. The smallest absolute Gasteiger partial charge is 0.122 e. The topological polar surface area (TPSA) is 41.5 Å². The SMILES string of the molecule is Cc1ccccc1OCCCNC[C@@H](C)O. The fourth-order valence-electron chi connectivity index (χ4n) is 1.41. The van der Waals surface area contributed by atoms with Crippen molar-refractivity contribution in [2.45, 2.75) is 26.4 Å². The number of para-hydroxylation sites is 1. The van der Waals surface area contributed by atoms with Gasteiger partial charge in [-0.1, -0.05) is 18.2 Å². The molecule has 3 nitrogen and oxygen atoms in total. The first-order chi connectivity index (χ1) is 7.70. The van der Waals surface area contributed by atoms with E-state index >= 15 is 0 Å². The van der Waals surface area contributed by atoms with Crippen molar-refractivity contribution in [1.82, 2.24) is 5.32 Å². The Morgan fingerprint density at radius 2 is 2.12 bits per heavy atom. The summed E-state index contributed by atoms with van der Waals surface area (Å²) < 4.78 is 5.64. The Bertz CT molecular complexity index is 300. The Labute approximate surface area is 97.4 Å². The number of hydrogen-bond donors (Lipinski definition) is 2. The lowest BCUT2D eigenvalue weighted by atomic mass is 10.2. The van der Waals surface area contributed by atoms with E-state index in [2.05, 4.69) is 5.32 Å². The molecule has 0 fully saturated rings. The van der Waals surface area contributed by atoms with Gasteiger partial charge in [-0.25, -0.2) is 0 Å². The maximum atomic E-state index is 9.03. The van der Waals surface area contributed by atoms with Crippen molar-refractivity contribution < 1.29 is 9.84 Å². The third kappa shape index (κ3) is 5.14. The van der Waals surface area contributed by atoms with Crippen LogP contribution in [0.2, 0.25) is 0 Å². The summed E-state index contributed by atoms with van der Waals surface area (Å²) in [5.74, 6) is 0.957. The minimum Gasteiger partial charge on any atom is -0.493 e. The average molecular weight is 223 g/mol. The minimum absolute atomic E-state index is 0.280. The van der Waals surface area contributed by atoms with Crippen LogP contribution in [-0.4, -0.2) is 30.9 Å². The predicted octanol–water partition coefficient (Wildman–Crippen LogP) is 1.73. The Balaban J connectivity index is 2.10. The molecule has 2 N–H and O–H groups in total. The lowest BCUT2D eigenvalue weighted by Crippen LogP contribution is -2.26. The van der Waals surface area contributed by atoms with Crippen molar-refractivity contribution >= 4 is 0 Å². The number of aliphatic hydroxyl groups excluding tert-OH is 1. The molecule has 0 radical (unpaired) electrons. The molecule has 0 bridgehead atoms. The maximum absolute atomic E-state index is 9.03. The molecule has 0 unspecified atom stereocenters. The second-order valence-electron chi connectivity index (χ2n) is 4.02. The van der Waals surface area contributed by atoms with Crippen LogP contribution in [0.4, 0.5) is 0 Å². The highest BCUT2D eigenvalue weighted by atomic mass is 16.5. The standard InChI is InChI=1S/C13H21NO2/c1-11-6-3-4-7-13(11)16-9-5-8-14-10-12(2)15/h3-4,6-7,12,14-15H,5,8-10H2,1-2H3/t12-/m1/s1. The van der Waals surface area contributed by atoms with E-state index in [0.717, 1.165) is 18.7 Å². The van der Waals surface area contributed by atoms with Crippen LogP contribution in [0.25, 0.3) is 0 Å². The molecule has 1 aromatic rings. The van der Waals surface area contributed by atoms with Gasteiger partial charge < -0.3 is 15.2 Å². The largest absolute Gasteiger partial charge is 0.493 e. The van der Waals surface area contributed by atoms with Crippen LogP contribution >= 0.6 is 0 Å². The van der Waals surface area contributed by atoms with Crippen LogP contribution in [0.15, 0.2) is 24.3 Å². The van der Waals surface area contributed by atoms with Crippen LogP contribution in [0.1, 0.15) is 18.9 Å². The van der Waals surface area contributed by atoms with Crippen LogP contribution < -0.4 is 10.1 Å². The predicted molar refractivity (Wildman–Crippen MR) is 65.8 cm³/mol.